The average molecular weight is 184 g/mol. The summed E-state index contributed by atoms with van der Waals surface area (Å²) in [6, 6.07) is 0. The van der Waals surface area contributed by atoms with Crippen LogP contribution in [0.2, 0.25) is 0 Å². The Balaban J connectivity index is 0.000000145. The molecule has 1 aliphatic heterocycles. The van der Waals surface area contributed by atoms with E-state index in [0.29, 0.717) is 0 Å². The number of hydrogen-bond donors (Lipinski definition) is 0. The summed E-state index contributed by atoms with van der Waals surface area (Å²) in [6.45, 7) is 4.32. The lowest BCUT2D eigenvalue weighted by atomic mass is 9.88. The highest BCUT2D eigenvalue weighted by molar-refractivity contribution is 4.63. The highest BCUT2D eigenvalue weighted by Crippen LogP contribution is 2.25. The van der Waals surface area contributed by atoms with Crippen molar-refractivity contribution in [3.8, 4) is 0 Å². The molecule has 1 aliphatic carbocycles. The molecule has 0 radical (unpaired) electrons. The topological polar surface area (TPSA) is 9.23 Å². The van der Waals surface area contributed by atoms with Crippen molar-refractivity contribution in [3.05, 3.63) is 0 Å². The molecule has 1 heteroatoms. The fourth-order valence-corrected chi connectivity index (χ4v) is 2.11. The molecule has 0 bridgehead atoms. The zero-order valence-electron chi connectivity index (χ0n) is 9.06. The lowest BCUT2D eigenvalue weighted by Gasteiger charge is -2.18. The molecule has 2 aliphatic rings. The molecular formula is C12H24O. The lowest BCUT2D eigenvalue weighted by Crippen LogP contribution is -2.03. The zero-order valence-corrected chi connectivity index (χ0v) is 9.06. The summed E-state index contributed by atoms with van der Waals surface area (Å²) in [7, 11) is 0. The van der Waals surface area contributed by atoms with Gasteiger partial charge in [0.1, 0.15) is 0 Å². The smallest absolute Gasteiger partial charge is 0.0466 e. The molecule has 1 saturated heterocycles. The molecule has 78 valence electrons. The van der Waals surface area contributed by atoms with Gasteiger partial charge in [-0.3, -0.25) is 0 Å². The largest absolute Gasteiger partial charge is 0.381 e. The van der Waals surface area contributed by atoms with Crippen LogP contribution in [0.5, 0.6) is 0 Å². The summed E-state index contributed by atoms with van der Waals surface area (Å²) in [5.41, 5.74) is 0. The number of hydrogen-bond acceptors (Lipinski definition) is 1. The van der Waals surface area contributed by atoms with E-state index in [1.807, 2.05) is 0 Å². The van der Waals surface area contributed by atoms with Gasteiger partial charge in [-0.2, -0.15) is 0 Å². The van der Waals surface area contributed by atoms with Crippen LogP contribution in [0.3, 0.4) is 0 Å². The molecule has 0 spiro atoms. The van der Waals surface area contributed by atoms with Gasteiger partial charge in [0.15, 0.2) is 0 Å². The van der Waals surface area contributed by atoms with Gasteiger partial charge in [-0.05, 0) is 18.8 Å². The first kappa shape index (κ1) is 11.0. The monoisotopic (exact) mass is 184 g/mol. The molecule has 0 aromatic carbocycles. The van der Waals surface area contributed by atoms with Crippen LogP contribution in [0.25, 0.3) is 0 Å². The first-order valence-electron chi connectivity index (χ1n) is 6.01. The molecule has 0 aromatic rings. The summed E-state index contributed by atoms with van der Waals surface area (Å²) < 4.78 is 4.94. The second-order valence-electron chi connectivity index (χ2n) is 4.23. The minimum atomic E-state index is 1.00. The van der Waals surface area contributed by atoms with Crippen LogP contribution in [-0.2, 0) is 4.74 Å². The van der Waals surface area contributed by atoms with Crippen LogP contribution in [0.15, 0.2) is 0 Å². The maximum absolute atomic E-state index is 4.94. The highest BCUT2D eigenvalue weighted by atomic mass is 16.5. The third kappa shape index (κ3) is 5.30. The molecule has 1 heterocycles. The van der Waals surface area contributed by atoms with Gasteiger partial charge >= 0.3 is 0 Å². The zero-order chi connectivity index (χ0) is 9.36. The van der Waals surface area contributed by atoms with Crippen molar-refractivity contribution < 1.29 is 4.74 Å². The van der Waals surface area contributed by atoms with Crippen molar-refractivity contribution in [1.82, 2.24) is 0 Å². The Labute approximate surface area is 82.9 Å². The summed E-state index contributed by atoms with van der Waals surface area (Å²) in [6.07, 6.45) is 11.5. The van der Waals surface area contributed by atoms with Crippen molar-refractivity contribution >= 4 is 0 Å². The Bertz CT molecular complexity index is 94.1. The first-order valence-corrected chi connectivity index (χ1v) is 6.01. The second kappa shape index (κ2) is 7.37. The molecule has 2 fully saturated rings. The van der Waals surface area contributed by atoms with Crippen molar-refractivity contribution in [2.45, 2.75) is 58.3 Å². The Morgan fingerprint density at radius 3 is 1.85 bits per heavy atom. The molecule has 2 rings (SSSR count). The number of rotatable bonds is 1. The van der Waals surface area contributed by atoms with Crippen LogP contribution in [0.1, 0.15) is 58.3 Å². The Hall–Kier alpha value is -0.0400. The third-order valence-corrected chi connectivity index (χ3v) is 3.13. The van der Waals surface area contributed by atoms with Crippen molar-refractivity contribution in [2.75, 3.05) is 13.2 Å². The molecule has 0 aromatic heterocycles. The fourth-order valence-electron chi connectivity index (χ4n) is 2.11. The molecular weight excluding hydrogens is 160 g/mol. The van der Waals surface area contributed by atoms with E-state index in [1.54, 1.807) is 0 Å². The van der Waals surface area contributed by atoms with E-state index in [9.17, 15) is 0 Å². The average Bonchev–Trinajstić information content (AvgIpc) is 2.77. The Morgan fingerprint density at radius 2 is 1.54 bits per heavy atom. The summed E-state index contributed by atoms with van der Waals surface area (Å²) >= 11 is 0. The normalized spacial score (nSPS) is 23.8. The van der Waals surface area contributed by atoms with Crippen LogP contribution >= 0.6 is 0 Å². The van der Waals surface area contributed by atoms with Crippen LogP contribution in [-0.4, -0.2) is 13.2 Å². The highest BCUT2D eigenvalue weighted by Gasteiger charge is 2.09. The summed E-state index contributed by atoms with van der Waals surface area (Å²) in [5, 5.41) is 0. The predicted molar refractivity (Wildman–Crippen MR) is 56.9 cm³/mol. The lowest BCUT2D eigenvalue weighted by molar-refractivity contribution is 0.198. The summed E-state index contributed by atoms with van der Waals surface area (Å²) in [5.74, 6) is 1.09. The predicted octanol–water partition coefficient (Wildman–Crippen LogP) is 3.77. The maximum Gasteiger partial charge on any atom is 0.0466 e. The summed E-state index contributed by atoms with van der Waals surface area (Å²) in [4.78, 5) is 0. The van der Waals surface area contributed by atoms with Gasteiger partial charge in [0, 0.05) is 13.2 Å². The van der Waals surface area contributed by atoms with Gasteiger partial charge in [-0.25, -0.2) is 0 Å². The molecule has 0 N–H and O–H groups in total. The van der Waals surface area contributed by atoms with Crippen LogP contribution in [0, 0.1) is 5.92 Å². The molecule has 0 unspecified atom stereocenters. The number of ether oxygens (including phenoxy) is 1. The first-order chi connectivity index (χ1) is 6.43. The van der Waals surface area contributed by atoms with E-state index >= 15 is 0 Å². The molecule has 0 amide bonds. The van der Waals surface area contributed by atoms with Gasteiger partial charge < -0.3 is 4.74 Å². The van der Waals surface area contributed by atoms with E-state index in [1.165, 1.54) is 51.4 Å². The molecule has 13 heavy (non-hydrogen) atoms. The van der Waals surface area contributed by atoms with E-state index in [2.05, 4.69) is 6.92 Å². The maximum atomic E-state index is 4.94. The molecule has 0 atom stereocenters. The fraction of sp³-hybridized carbons (Fsp3) is 1.00. The van der Waals surface area contributed by atoms with Gasteiger partial charge in [0.2, 0.25) is 0 Å². The minimum absolute atomic E-state index is 1.00. The second-order valence-corrected chi connectivity index (χ2v) is 4.23. The van der Waals surface area contributed by atoms with Gasteiger partial charge in [-0.1, -0.05) is 45.4 Å². The minimum Gasteiger partial charge on any atom is -0.381 e. The van der Waals surface area contributed by atoms with E-state index in [-0.39, 0.29) is 0 Å². The molecule has 1 saturated carbocycles. The van der Waals surface area contributed by atoms with Crippen molar-refractivity contribution in [2.24, 2.45) is 5.92 Å². The van der Waals surface area contributed by atoms with E-state index in [4.69, 9.17) is 4.74 Å². The third-order valence-electron chi connectivity index (χ3n) is 3.13. The van der Waals surface area contributed by atoms with Gasteiger partial charge in [0.25, 0.3) is 0 Å². The Kier molecular flexibility index (Phi) is 6.26. The Morgan fingerprint density at radius 1 is 0.923 bits per heavy atom. The van der Waals surface area contributed by atoms with Crippen molar-refractivity contribution in [3.63, 3.8) is 0 Å². The van der Waals surface area contributed by atoms with E-state index < -0.39 is 0 Å². The van der Waals surface area contributed by atoms with Gasteiger partial charge in [0.05, 0.1) is 0 Å². The van der Waals surface area contributed by atoms with Gasteiger partial charge in [-0.15, -0.1) is 0 Å². The standard InChI is InChI=1S/C8H16.C4H8O/c1-2-8-6-4-3-5-7-8;1-2-4-5-3-1/h8H,2-7H2,1H3;1-4H2. The molecule has 1 nitrogen and oxygen atoms in total. The van der Waals surface area contributed by atoms with Crippen LogP contribution < -0.4 is 0 Å². The van der Waals surface area contributed by atoms with Crippen molar-refractivity contribution in [1.29, 1.82) is 0 Å². The van der Waals surface area contributed by atoms with E-state index in [0.717, 1.165) is 19.1 Å². The quantitative estimate of drug-likeness (QED) is 0.602. The SMILES string of the molecule is C1CCOC1.CCC1CCCCC1. The van der Waals surface area contributed by atoms with Crippen LogP contribution in [0.4, 0.5) is 0 Å².